The van der Waals surface area contributed by atoms with Crippen LogP contribution in [0, 0.1) is 0 Å². The second-order valence-electron chi connectivity index (χ2n) is 7.77. The molecule has 1 heterocycles. The van der Waals surface area contributed by atoms with Crippen LogP contribution in [0.4, 0.5) is 0 Å². The summed E-state index contributed by atoms with van der Waals surface area (Å²) in [6, 6.07) is 14.9. The zero-order valence-corrected chi connectivity index (χ0v) is 21.9. The van der Waals surface area contributed by atoms with Gasteiger partial charge in [-0.1, -0.05) is 30.3 Å². The zero-order valence-electron chi connectivity index (χ0n) is 19.5. The molecule has 0 saturated carbocycles. The van der Waals surface area contributed by atoms with Gasteiger partial charge in [0, 0.05) is 19.6 Å². The zero-order chi connectivity index (χ0) is 21.9. The van der Waals surface area contributed by atoms with Crippen molar-refractivity contribution in [2.24, 2.45) is 4.99 Å². The van der Waals surface area contributed by atoms with Crippen LogP contribution >= 0.6 is 24.0 Å². The van der Waals surface area contributed by atoms with Crippen LogP contribution in [0.5, 0.6) is 11.5 Å². The molecule has 32 heavy (non-hydrogen) atoms. The van der Waals surface area contributed by atoms with Gasteiger partial charge in [0.15, 0.2) is 17.5 Å². The second kappa shape index (κ2) is 14.2. The molecule has 0 amide bonds. The average Bonchev–Trinajstić information content (AvgIpc) is 3.30. The highest BCUT2D eigenvalue weighted by Gasteiger charge is 2.11. The first-order valence-electron chi connectivity index (χ1n) is 11.3. The topological polar surface area (TPSA) is 58.1 Å². The Morgan fingerprint density at radius 3 is 2.28 bits per heavy atom. The molecule has 176 valence electrons. The number of ether oxygens (including phenoxy) is 2. The van der Waals surface area contributed by atoms with Crippen molar-refractivity contribution >= 4 is 29.9 Å². The van der Waals surface area contributed by atoms with Crippen LogP contribution in [0.25, 0.3) is 0 Å². The number of benzene rings is 2. The maximum atomic E-state index is 5.59. The Labute approximate surface area is 209 Å². The van der Waals surface area contributed by atoms with Gasteiger partial charge in [-0.3, -0.25) is 4.90 Å². The molecular formula is C25H37IN4O2. The van der Waals surface area contributed by atoms with E-state index in [9.17, 15) is 0 Å². The van der Waals surface area contributed by atoms with E-state index in [4.69, 9.17) is 14.5 Å². The van der Waals surface area contributed by atoms with Crippen LogP contribution in [0.2, 0.25) is 0 Å². The number of hydrogen-bond acceptors (Lipinski definition) is 4. The van der Waals surface area contributed by atoms with Crippen molar-refractivity contribution in [1.82, 2.24) is 15.5 Å². The molecule has 0 spiro atoms. The van der Waals surface area contributed by atoms with Gasteiger partial charge in [0.05, 0.1) is 20.3 Å². The molecular weight excluding hydrogens is 515 g/mol. The molecule has 0 aliphatic carbocycles. The van der Waals surface area contributed by atoms with Crippen LogP contribution in [-0.4, -0.2) is 44.2 Å². The molecule has 1 fully saturated rings. The molecule has 2 aromatic carbocycles. The quantitative estimate of drug-likeness (QED) is 0.257. The number of nitrogens with one attached hydrogen (secondary N) is 2. The van der Waals surface area contributed by atoms with Crippen molar-refractivity contribution in [3.63, 3.8) is 0 Å². The highest BCUT2D eigenvalue weighted by Crippen LogP contribution is 2.28. The fourth-order valence-electron chi connectivity index (χ4n) is 3.74. The monoisotopic (exact) mass is 552 g/mol. The van der Waals surface area contributed by atoms with Crippen LogP contribution in [0.3, 0.4) is 0 Å². The largest absolute Gasteiger partial charge is 0.493 e. The number of rotatable bonds is 10. The van der Waals surface area contributed by atoms with Crippen molar-refractivity contribution in [3.05, 3.63) is 59.2 Å². The Balaban J connectivity index is 0.00000363. The Bertz CT molecular complexity index is 836. The predicted octanol–water partition coefficient (Wildman–Crippen LogP) is 4.56. The summed E-state index contributed by atoms with van der Waals surface area (Å²) < 4.78 is 11.0. The van der Waals surface area contributed by atoms with Gasteiger partial charge in [-0.2, -0.15) is 0 Å². The maximum absolute atomic E-state index is 5.59. The molecule has 0 unspecified atom stereocenters. The molecule has 0 bridgehead atoms. The number of aliphatic imine (C=N–C) groups is 1. The maximum Gasteiger partial charge on any atom is 0.191 e. The summed E-state index contributed by atoms with van der Waals surface area (Å²) in [4.78, 5) is 7.25. The SMILES string of the molecule is CCNC(=NCc1ccc(OCC)c(OC)c1)NCc1ccc(CN2CCCC2)cc1.I. The molecule has 2 N–H and O–H groups in total. The molecule has 0 aromatic heterocycles. The standard InChI is InChI=1S/C25H36N4O2.HI/c1-4-26-25(28-18-22-12-13-23(31-5-2)24(16-22)30-3)27-17-20-8-10-21(11-9-20)19-29-14-6-7-15-29;/h8-13,16H,4-7,14-15,17-19H2,1-3H3,(H2,26,27,28);1H. The lowest BCUT2D eigenvalue weighted by Crippen LogP contribution is -2.36. The van der Waals surface area contributed by atoms with Gasteiger partial charge in [0.25, 0.3) is 0 Å². The molecule has 2 aromatic rings. The van der Waals surface area contributed by atoms with Gasteiger partial charge in [-0.05, 0) is 68.6 Å². The third-order valence-corrected chi connectivity index (χ3v) is 5.38. The van der Waals surface area contributed by atoms with E-state index in [1.54, 1.807) is 7.11 Å². The summed E-state index contributed by atoms with van der Waals surface area (Å²) in [5.41, 5.74) is 3.71. The normalized spacial score (nSPS) is 14.0. The summed E-state index contributed by atoms with van der Waals surface area (Å²) in [6.07, 6.45) is 2.66. The lowest BCUT2D eigenvalue weighted by molar-refractivity contribution is 0.310. The lowest BCUT2D eigenvalue weighted by Gasteiger charge is -2.15. The Kier molecular flexibility index (Phi) is 11.7. The molecule has 0 atom stereocenters. The first-order valence-corrected chi connectivity index (χ1v) is 11.3. The van der Waals surface area contributed by atoms with Crippen LogP contribution in [0.15, 0.2) is 47.5 Å². The van der Waals surface area contributed by atoms with Crippen LogP contribution in [0.1, 0.15) is 43.4 Å². The van der Waals surface area contributed by atoms with E-state index in [1.807, 2.05) is 25.1 Å². The summed E-state index contributed by atoms with van der Waals surface area (Å²) in [5, 5.41) is 6.75. The van der Waals surface area contributed by atoms with Crippen LogP contribution < -0.4 is 20.1 Å². The number of likely N-dealkylation sites (tertiary alicyclic amines) is 1. The smallest absolute Gasteiger partial charge is 0.191 e. The van der Waals surface area contributed by atoms with E-state index < -0.39 is 0 Å². The number of nitrogens with zero attached hydrogens (tertiary/aromatic N) is 2. The Morgan fingerprint density at radius 1 is 0.938 bits per heavy atom. The lowest BCUT2D eigenvalue weighted by atomic mass is 10.1. The number of hydrogen-bond donors (Lipinski definition) is 2. The van der Waals surface area contributed by atoms with Crippen molar-refractivity contribution in [1.29, 1.82) is 0 Å². The third kappa shape index (κ3) is 8.16. The molecule has 0 radical (unpaired) electrons. The van der Waals surface area contributed by atoms with E-state index in [2.05, 4.69) is 46.7 Å². The highest BCUT2D eigenvalue weighted by atomic mass is 127. The highest BCUT2D eigenvalue weighted by molar-refractivity contribution is 14.0. The third-order valence-electron chi connectivity index (χ3n) is 5.38. The number of halogens is 1. The molecule has 1 aliphatic heterocycles. The van der Waals surface area contributed by atoms with Gasteiger partial charge in [0.1, 0.15) is 0 Å². The number of guanidine groups is 1. The van der Waals surface area contributed by atoms with Crippen LogP contribution in [-0.2, 0) is 19.6 Å². The van der Waals surface area contributed by atoms with Gasteiger partial charge >= 0.3 is 0 Å². The Morgan fingerprint density at radius 2 is 1.62 bits per heavy atom. The first kappa shape index (κ1) is 26.3. The van der Waals surface area contributed by atoms with E-state index >= 15 is 0 Å². The first-order chi connectivity index (χ1) is 15.2. The molecule has 1 saturated heterocycles. The molecule has 3 rings (SSSR count). The minimum absolute atomic E-state index is 0. The second-order valence-corrected chi connectivity index (χ2v) is 7.77. The van der Waals surface area contributed by atoms with E-state index in [0.717, 1.165) is 42.7 Å². The summed E-state index contributed by atoms with van der Waals surface area (Å²) in [6.45, 7) is 10.3. The van der Waals surface area contributed by atoms with Crippen molar-refractivity contribution < 1.29 is 9.47 Å². The van der Waals surface area contributed by atoms with Gasteiger partial charge < -0.3 is 20.1 Å². The predicted molar refractivity (Wildman–Crippen MR) is 142 cm³/mol. The van der Waals surface area contributed by atoms with Crippen molar-refractivity contribution in [2.75, 3.05) is 33.4 Å². The van der Waals surface area contributed by atoms with E-state index in [1.165, 1.54) is 37.1 Å². The summed E-state index contributed by atoms with van der Waals surface area (Å²) >= 11 is 0. The minimum atomic E-state index is 0. The van der Waals surface area contributed by atoms with Crippen molar-refractivity contribution in [2.45, 2.75) is 46.3 Å². The van der Waals surface area contributed by atoms with Gasteiger partial charge in [-0.25, -0.2) is 4.99 Å². The Hall–Kier alpha value is -2.00. The van der Waals surface area contributed by atoms with Crippen molar-refractivity contribution in [3.8, 4) is 11.5 Å². The minimum Gasteiger partial charge on any atom is -0.493 e. The number of methoxy groups -OCH3 is 1. The average molecular weight is 553 g/mol. The molecule has 7 heteroatoms. The summed E-state index contributed by atoms with van der Waals surface area (Å²) in [5.74, 6) is 2.30. The van der Waals surface area contributed by atoms with Gasteiger partial charge in [0.2, 0.25) is 0 Å². The van der Waals surface area contributed by atoms with E-state index in [-0.39, 0.29) is 24.0 Å². The fourth-order valence-corrected chi connectivity index (χ4v) is 3.74. The molecule has 6 nitrogen and oxygen atoms in total. The molecule has 1 aliphatic rings. The van der Waals surface area contributed by atoms with E-state index in [0.29, 0.717) is 13.2 Å². The van der Waals surface area contributed by atoms with Gasteiger partial charge in [-0.15, -0.1) is 24.0 Å². The fraction of sp³-hybridized carbons (Fsp3) is 0.480. The summed E-state index contributed by atoms with van der Waals surface area (Å²) in [7, 11) is 1.66.